The van der Waals surface area contributed by atoms with Crippen LogP contribution in [-0.4, -0.2) is 27.4 Å². The van der Waals surface area contributed by atoms with Gasteiger partial charge < -0.3 is 14.4 Å². The van der Waals surface area contributed by atoms with Crippen LogP contribution in [0.25, 0.3) is 11.0 Å². The van der Waals surface area contributed by atoms with Gasteiger partial charge in [0.25, 0.3) is 0 Å². The molecule has 0 fully saturated rings. The maximum absolute atomic E-state index is 14.4. The predicted molar refractivity (Wildman–Crippen MR) is 143 cm³/mol. The normalized spacial score (nSPS) is 16.7. The Labute approximate surface area is 220 Å². The molecule has 6 heteroatoms. The molecular weight excluding hydrogens is 479 g/mol. The van der Waals surface area contributed by atoms with E-state index in [0.717, 1.165) is 29.1 Å². The second kappa shape index (κ2) is 9.54. The number of hydrogen-bond donors (Lipinski definition) is 1. The quantitative estimate of drug-likeness (QED) is 0.320. The van der Waals surface area contributed by atoms with Gasteiger partial charge in [-0.2, -0.15) is 0 Å². The molecule has 1 N–H and O–H groups in total. The Balaban J connectivity index is 1.29. The topological polar surface area (TPSA) is 66.6 Å². The molecule has 0 aliphatic carbocycles. The third-order valence-electron chi connectivity index (χ3n) is 7.43. The molecule has 5 nitrogen and oxygen atoms in total. The maximum Gasteiger partial charge on any atom is 0.227 e. The van der Waals surface area contributed by atoms with Crippen LogP contribution >= 0.6 is 0 Å². The standard InChI is InChI=1S/C32H27FN2O3/c1-32(37,26-13-15-34-20-27(26)33)29-19-24-17-21(11-12-28(24)38-29)18-30(36)35-16-14-22-7-5-6-10-25(22)31(35)23-8-3-2-4-9-23/h2-13,15,17,19-20,31,37H,14,16,18H2,1H3. The van der Waals surface area contributed by atoms with Gasteiger partial charge in [-0.1, -0.05) is 60.7 Å². The van der Waals surface area contributed by atoms with Crippen LogP contribution in [0.5, 0.6) is 0 Å². The molecule has 1 aliphatic heterocycles. The number of pyridine rings is 1. The second-order valence-electron chi connectivity index (χ2n) is 9.94. The number of aromatic nitrogens is 1. The summed E-state index contributed by atoms with van der Waals surface area (Å²) in [6.07, 6.45) is 3.55. The summed E-state index contributed by atoms with van der Waals surface area (Å²) in [5.41, 5.74) is 3.34. The number of rotatable bonds is 5. The number of halogens is 1. The van der Waals surface area contributed by atoms with Crippen molar-refractivity contribution in [3.8, 4) is 0 Å². The molecule has 5 aromatic rings. The number of carbonyl (C=O) groups excluding carboxylic acids is 1. The van der Waals surface area contributed by atoms with Crippen LogP contribution in [0, 0.1) is 5.82 Å². The zero-order valence-corrected chi connectivity index (χ0v) is 21.0. The van der Waals surface area contributed by atoms with Crippen LogP contribution < -0.4 is 0 Å². The Morgan fingerprint density at radius 3 is 2.68 bits per heavy atom. The Morgan fingerprint density at radius 2 is 1.87 bits per heavy atom. The molecular formula is C32H27FN2O3. The van der Waals surface area contributed by atoms with Gasteiger partial charge in [0.15, 0.2) is 0 Å². The molecule has 2 aromatic heterocycles. The van der Waals surface area contributed by atoms with Crippen LogP contribution in [0.4, 0.5) is 4.39 Å². The number of aliphatic hydroxyl groups is 1. The molecule has 38 heavy (non-hydrogen) atoms. The second-order valence-corrected chi connectivity index (χ2v) is 9.94. The summed E-state index contributed by atoms with van der Waals surface area (Å²) in [4.78, 5) is 19.4. The summed E-state index contributed by atoms with van der Waals surface area (Å²) in [5.74, 6) is -0.347. The zero-order chi connectivity index (χ0) is 26.3. The molecule has 0 radical (unpaired) electrons. The fourth-order valence-electron chi connectivity index (χ4n) is 5.45. The van der Waals surface area contributed by atoms with Crippen LogP contribution in [0.15, 0.2) is 102 Å². The lowest BCUT2D eigenvalue weighted by Crippen LogP contribution is -2.41. The molecule has 3 heterocycles. The lowest BCUT2D eigenvalue weighted by atomic mass is 9.88. The molecule has 2 atom stereocenters. The third-order valence-corrected chi connectivity index (χ3v) is 7.43. The van der Waals surface area contributed by atoms with Crippen molar-refractivity contribution in [1.82, 2.24) is 9.88 Å². The van der Waals surface area contributed by atoms with Gasteiger partial charge in [-0.15, -0.1) is 0 Å². The van der Waals surface area contributed by atoms with Gasteiger partial charge in [-0.25, -0.2) is 4.39 Å². The highest BCUT2D eigenvalue weighted by molar-refractivity contribution is 5.84. The number of carbonyl (C=O) groups is 1. The van der Waals surface area contributed by atoms with Crippen molar-refractivity contribution in [3.05, 3.63) is 137 Å². The van der Waals surface area contributed by atoms with E-state index in [2.05, 4.69) is 29.2 Å². The van der Waals surface area contributed by atoms with Crippen molar-refractivity contribution in [3.63, 3.8) is 0 Å². The summed E-state index contributed by atoms with van der Waals surface area (Å²) in [5, 5.41) is 11.9. The number of nitrogens with zero attached hydrogens (tertiary/aromatic N) is 2. The molecule has 0 saturated heterocycles. The molecule has 6 rings (SSSR count). The SMILES string of the molecule is CC(O)(c1cc2cc(CC(=O)N3CCc4ccccc4C3c3ccccc3)ccc2o1)c1ccncc1F. The van der Waals surface area contributed by atoms with E-state index in [0.29, 0.717) is 12.1 Å². The van der Waals surface area contributed by atoms with Crippen LogP contribution in [0.2, 0.25) is 0 Å². The van der Waals surface area contributed by atoms with Gasteiger partial charge >= 0.3 is 0 Å². The fraction of sp³-hybridized carbons (Fsp3) is 0.188. The van der Waals surface area contributed by atoms with E-state index in [9.17, 15) is 14.3 Å². The highest BCUT2D eigenvalue weighted by Gasteiger charge is 2.34. The first-order valence-electron chi connectivity index (χ1n) is 12.7. The summed E-state index contributed by atoms with van der Waals surface area (Å²) in [6, 6.07) is 27.0. The number of furan rings is 1. The Kier molecular flexibility index (Phi) is 6.04. The minimum absolute atomic E-state index is 0.0438. The van der Waals surface area contributed by atoms with Crippen molar-refractivity contribution < 1.29 is 18.7 Å². The first-order valence-corrected chi connectivity index (χ1v) is 12.7. The average molecular weight is 507 g/mol. The van der Waals surface area contributed by atoms with Crippen molar-refractivity contribution in [2.24, 2.45) is 0 Å². The van der Waals surface area contributed by atoms with E-state index >= 15 is 0 Å². The molecule has 1 aliphatic rings. The molecule has 3 aromatic carbocycles. The van der Waals surface area contributed by atoms with E-state index < -0.39 is 11.4 Å². The third kappa shape index (κ3) is 4.27. The van der Waals surface area contributed by atoms with E-state index in [1.807, 2.05) is 47.4 Å². The average Bonchev–Trinajstić information content (AvgIpc) is 3.37. The molecule has 190 valence electrons. The summed E-state index contributed by atoms with van der Waals surface area (Å²) < 4.78 is 20.3. The molecule has 2 unspecified atom stereocenters. The number of amides is 1. The fourth-order valence-corrected chi connectivity index (χ4v) is 5.45. The smallest absolute Gasteiger partial charge is 0.227 e. The summed E-state index contributed by atoms with van der Waals surface area (Å²) >= 11 is 0. The van der Waals surface area contributed by atoms with Gasteiger partial charge in [0.1, 0.15) is 22.8 Å². The van der Waals surface area contributed by atoms with Crippen molar-refractivity contribution in [2.45, 2.75) is 31.4 Å². The minimum atomic E-state index is -1.67. The number of fused-ring (bicyclic) bond motifs is 2. The Morgan fingerprint density at radius 1 is 1.08 bits per heavy atom. The van der Waals surface area contributed by atoms with Gasteiger partial charge in [0, 0.05) is 23.7 Å². The van der Waals surface area contributed by atoms with Crippen LogP contribution in [-0.2, 0) is 23.2 Å². The van der Waals surface area contributed by atoms with E-state index in [1.54, 1.807) is 12.1 Å². The first kappa shape index (κ1) is 24.1. The lowest BCUT2D eigenvalue weighted by molar-refractivity contribution is -0.132. The highest BCUT2D eigenvalue weighted by atomic mass is 19.1. The van der Waals surface area contributed by atoms with Gasteiger partial charge in [0.2, 0.25) is 5.91 Å². The largest absolute Gasteiger partial charge is 0.458 e. The van der Waals surface area contributed by atoms with Gasteiger partial charge in [-0.05, 0) is 59.9 Å². The van der Waals surface area contributed by atoms with Crippen LogP contribution in [0.3, 0.4) is 0 Å². The lowest BCUT2D eigenvalue weighted by Gasteiger charge is -2.38. The van der Waals surface area contributed by atoms with E-state index in [1.165, 1.54) is 30.3 Å². The Bertz CT molecular complexity index is 1630. The number of hydrogen-bond acceptors (Lipinski definition) is 4. The zero-order valence-electron chi connectivity index (χ0n) is 21.0. The predicted octanol–water partition coefficient (Wildman–Crippen LogP) is 5.94. The van der Waals surface area contributed by atoms with Crippen molar-refractivity contribution in [2.75, 3.05) is 6.54 Å². The molecule has 0 bridgehead atoms. The molecule has 0 spiro atoms. The van der Waals surface area contributed by atoms with Crippen molar-refractivity contribution >= 4 is 16.9 Å². The summed E-state index contributed by atoms with van der Waals surface area (Å²) in [7, 11) is 0. The van der Waals surface area contributed by atoms with E-state index in [-0.39, 0.29) is 29.7 Å². The first-order chi connectivity index (χ1) is 18.4. The monoisotopic (exact) mass is 506 g/mol. The van der Waals surface area contributed by atoms with Gasteiger partial charge in [-0.3, -0.25) is 9.78 Å². The molecule has 0 saturated carbocycles. The van der Waals surface area contributed by atoms with Crippen LogP contribution in [0.1, 0.15) is 46.5 Å². The Hall–Kier alpha value is -4.29. The summed E-state index contributed by atoms with van der Waals surface area (Å²) in [6.45, 7) is 2.14. The van der Waals surface area contributed by atoms with Crippen molar-refractivity contribution in [1.29, 1.82) is 0 Å². The molecule has 1 amide bonds. The van der Waals surface area contributed by atoms with E-state index in [4.69, 9.17) is 4.42 Å². The highest BCUT2D eigenvalue weighted by Crippen LogP contribution is 2.37. The maximum atomic E-state index is 14.4. The number of benzene rings is 3. The minimum Gasteiger partial charge on any atom is -0.458 e. The van der Waals surface area contributed by atoms with Gasteiger partial charge in [0.05, 0.1) is 18.7 Å².